The van der Waals surface area contributed by atoms with E-state index in [4.69, 9.17) is 0 Å². The number of carbonyl (C=O) groups is 1. The first-order valence-corrected chi connectivity index (χ1v) is 10.3. The number of hydrogen-bond acceptors (Lipinski definition) is 1. The first-order valence-electron chi connectivity index (χ1n) is 9.34. The average molecular weight is 302 g/mol. The molecule has 0 saturated carbocycles. The Bertz CT molecular complexity index is 260. The van der Waals surface area contributed by atoms with Crippen molar-refractivity contribution in [1.29, 1.82) is 0 Å². The topological polar surface area (TPSA) is 17.1 Å². The van der Waals surface area contributed by atoms with Crippen LogP contribution in [0.3, 0.4) is 0 Å². The van der Waals surface area contributed by atoms with Gasteiger partial charge in [0.05, 0.1) is 0 Å². The maximum absolute atomic E-state index is 11.2. The molecule has 0 rings (SSSR count). The minimum atomic E-state index is 0.328. The fraction of sp³-hybridized carbons (Fsp3) is 0.842. The second-order valence-electron chi connectivity index (χ2n) is 6.53. The van der Waals surface area contributed by atoms with Crippen LogP contribution in [-0.4, -0.2) is 31.0 Å². The van der Waals surface area contributed by atoms with Crippen molar-refractivity contribution in [3.63, 3.8) is 0 Å². The van der Waals surface area contributed by atoms with Crippen LogP contribution in [0.15, 0.2) is 12.2 Å². The van der Waals surface area contributed by atoms with Crippen LogP contribution < -0.4 is 0 Å². The average Bonchev–Trinajstić information content (AvgIpc) is 2.47. The van der Waals surface area contributed by atoms with Gasteiger partial charge < -0.3 is 0 Å². The summed E-state index contributed by atoms with van der Waals surface area (Å²) in [5, 5.41) is 0. The zero-order chi connectivity index (χ0) is 15.8. The van der Waals surface area contributed by atoms with Gasteiger partial charge in [0, 0.05) is 0 Å². The van der Waals surface area contributed by atoms with E-state index in [0.717, 1.165) is 34.4 Å². The molecule has 0 spiro atoms. The third kappa shape index (κ3) is 16.6. The number of allylic oxidation sites excluding steroid dienone is 2. The summed E-state index contributed by atoms with van der Waals surface area (Å²) < 4.78 is 0.479. The Balaban J connectivity index is 3.17. The maximum atomic E-state index is 11.2. The van der Waals surface area contributed by atoms with Crippen molar-refractivity contribution >= 4 is 31.0 Å². The van der Waals surface area contributed by atoms with Crippen molar-refractivity contribution in [2.75, 3.05) is 0 Å². The summed E-state index contributed by atoms with van der Waals surface area (Å²) in [6.45, 7) is 4.36. The van der Waals surface area contributed by atoms with E-state index in [0.29, 0.717) is 8.95 Å². The normalized spacial score (nSPS) is 13.0. The van der Waals surface area contributed by atoms with Crippen molar-refractivity contribution < 1.29 is 4.79 Å². The fourth-order valence-electron chi connectivity index (χ4n) is 2.55. The summed E-state index contributed by atoms with van der Waals surface area (Å²) >= 11 is 0.726. The Morgan fingerprint density at radius 1 is 0.857 bits per heavy atom. The van der Waals surface area contributed by atoms with Gasteiger partial charge in [-0.15, -0.1) is 0 Å². The second-order valence-corrected chi connectivity index (χ2v) is 7.52. The molecule has 0 aliphatic heterocycles. The molecule has 0 amide bonds. The molecule has 2 heteroatoms. The molecule has 0 fully saturated rings. The molecule has 1 atom stereocenters. The molecule has 0 aliphatic rings. The van der Waals surface area contributed by atoms with Crippen LogP contribution in [0.2, 0.25) is 0 Å². The van der Waals surface area contributed by atoms with Gasteiger partial charge in [0.25, 0.3) is 0 Å². The van der Waals surface area contributed by atoms with Gasteiger partial charge in [0.2, 0.25) is 0 Å². The van der Waals surface area contributed by atoms with E-state index in [-0.39, 0.29) is 0 Å². The van der Waals surface area contributed by atoms with Gasteiger partial charge >= 0.3 is 112 Å². The summed E-state index contributed by atoms with van der Waals surface area (Å²) in [4.78, 5) is 11.2. The molecule has 0 aromatic carbocycles. The van der Waals surface area contributed by atoms with E-state index in [2.05, 4.69) is 26.0 Å². The monoisotopic (exact) mass is 302 g/mol. The van der Waals surface area contributed by atoms with E-state index in [1.54, 1.807) is 0 Å². The van der Waals surface area contributed by atoms with Crippen LogP contribution in [0.1, 0.15) is 97.3 Å². The summed E-state index contributed by atoms with van der Waals surface area (Å²) in [6, 6.07) is 0. The molecule has 1 nitrogen and oxygen atoms in total. The molecule has 0 saturated heterocycles. The number of hydrogen-bond donors (Lipinski definition) is 0. The Labute approximate surface area is 150 Å². The van der Waals surface area contributed by atoms with Crippen molar-refractivity contribution in [2.45, 2.75) is 97.3 Å². The van der Waals surface area contributed by atoms with Crippen LogP contribution in [0.4, 0.5) is 0 Å². The van der Waals surface area contributed by atoms with Gasteiger partial charge in [-0.3, -0.25) is 0 Å². The number of rotatable bonds is 15. The van der Waals surface area contributed by atoms with Crippen LogP contribution in [0.25, 0.3) is 0 Å². The van der Waals surface area contributed by atoms with Crippen molar-refractivity contribution in [2.24, 2.45) is 5.92 Å². The molecule has 0 heterocycles. The molecular formula is C19H35NaO. The van der Waals surface area contributed by atoms with Crippen LogP contribution in [-0.2, 0) is 4.79 Å². The van der Waals surface area contributed by atoms with Gasteiger partial charge in [-0.1, -0.05) is 39.0 Å². The third-order valence-corrected chi connectivity index (χ3v) is 5.33. The van der Waals surface area contributed by atoms with Gasteiger partial charge in [-0.05, 0) is 0 Å². The van der Waals surface area contributed by atoms with E-state index in [1.807, 2.05) is 0 Å². The second kappa shape index (κ2) is 16.8. The third-order valence-electron chi connectivity index (χ3n) is 4.34. The Kier molecular flexibility index (Phi) is 17.1. The molecule has 1 unspecified atom stereocenters. The molecule has 0 aromatic rings. The molecule has 21 heavy (non-hydrogen) atoms. The SMILES string of the molecule is CCCCCCCC/C=C\CCCCCCC(C)[C](=O)[Na]. The van der Waals surface area contributed by atoms with Crippen LogP contribution in [0, 0.1) is 5.92 Å². The van der Waals surface area contributed by atoms with E-state index < -0.39 is 0 Å². The van der Waals surface area contributed by atoms with Crippen molar-refractivity contribution in [1.82, 2.24) is 0 Å². The first kappa shape index (κ1) is 21.4. The predicted molar refractivity (Wildman–Crippen MR) is 94.8 cm³/mol. The standard InChI is InChI=1S/C19H35O.Na/c1-3-4-5-6-7-8-9-10-11-12-13-14-15-16-17-19(2)18-20;/h10-11,19H,3-9,12-17H2,1-2H3;/b11-10-;. The molecule has 0 bridgehead atoms. The van der Waals surface area contributed by atoms with Gasteiger partial charge in [0.15, 0.2) is 0 Å². The van der Waals surface area contributed by atoms with Gasteiger partial charge in [-0.2, -0.15) is 0 Å². The molecule has 0 radical (unpaired) electrons. The Morgan fingerprint density at radius 2 is 1.33 bits per heavy atom. The van der Waals surface area contributed by atoms with Crippen molar-refractivity contribution in [3.05, 3.63) is 12.2 Å². The Hall–Kier alpha value is 0.410. The predicted octanol–water partition coefficient (Wildman–Crippen LogP) is 5.97. The van der Waals surface area contributed by atoms with Crippen molar-refractivity contribution in [3.8, 4) is 0 Å². The minimum absolute atomic E-state index is 0.328. The Morgan fingerprint density at radius 3 is 1.86 bits per heavy atom. The quantitative estimate of drug-likeness (QED) is 0.207. The summed E-state index contributed by atoms with van der Waals surface area (Å²) in [5.41, 5.74) is 0. The summed E-state index contributed by atoms with van der Waals surface area (Å²) in [6.07, 6.45) is 21.9. The van der Waals surface area contributed by atoms with Gasteiger partial charge in [-0.25, -0.2) is 0 Å². The number of unbranched alkanes of at least 4 members (excludes halogenated alkanes) is 10. The number of carbonyl (C=O) groups excluding carboxylic acids is 1. The molecule has 118 valence electrons. The fourth-order valence-corrected chi connectivity index (χ4v) is 2.84. The first-order chi connectivity index (χ1) is 10.2. The van der Waals surface area contributed by atoms with Gasteiger partial charge in [0.1, 0.15) is 0 Å². The molecule has 0 aliphatic carbocycles. The zero-order valence-electron chi connectivity index (χ0n) is 14.8. The van der Waals surface area contributed by atoms with Crippen LogP contribution in [0.5, 0.6) is 0 Å². The van der Waals surface area contributed by atoms with E-state index >= 15 is 0 Å². The van der Waals surface area contributed by atoms with Crippen LogP contribution >= 0.6 is 0 Å². The summed E-state index contributed by atoms with van der Waals surface area (Å²) in [5.74, 6) is 0.328. The molecule has 0 aromatic heterocycles. The van der Waals surface area contributed by atoms with E-state index in [1.165, 1.54) is 77.0 Å². The van der Waals surface area contributed by atoms with E-state index in [9.17, 15) is 4.79 Å². The molecular weight excluding hydrogens is 267 g/mol. The zero-order valence-corrected chi connectivity index (χ0v) is 16.8. The molecule has 0 N–H and O–H groups in total. The summed E-state index contributed by atoms with van der Waals surface area (Å²) in [7, 11) is 0.